The summed E-state index contributed by atoms with van der Waals surface area (Å²) in [6, 6.07) is 13.4. The summed E-state index contributed by atoms with van der Waals surface area (Å²) in [5, 5.41) is 28.6. The Morgan fingerprint density at radius 2 is 1.88 bits per heavy atom. The number of allylic oxidation sites excluding steroid dienone is 1. The van der Waals surface area contributed by atoms with E-state index in [0.717, 1.165) is 0 Å². The molecular formula is C29H30N4O9. The maximum atomic E-state index is 12.4. The first kappa shape index (κ1) is 29.7. The van der Waals surface area contributed by atoms with Gasteiger partial charge in [0.05, 0.1) is 37.1 Å². The van der Waals surface area contributed by atoms with E-state index in [0.29, 0.717) is 46.5 Å². The van der Waals surface area contributed by atoms with Crippen LogP contribution >= 0.6 is 0 Å². The predicted molar refractivity (Wildman–Crippen MR) is 150 cm³/mol. The fraction of sp³-hybridized carbons (Fsp3) is 0.241. The summed E-state index contributed by atoms with van der Waals surface area (Å²) >= 11 is 0. The molecule has 4 rings (SSSR count). The zero-order chi connectivity index (χ0) is 30.2. The number of rotatable bonds is 12. The van der Waals surface area contributed by atoms with Gasteiger partial charge >= 0.3 is 18.0 Å². The molecule has 13 heteroatoms. The number of carboxylic acid groups (broad SMARTS) is 1. The third kappa shape index (κ3) is 7.06. The zero-order valence-corrected chi connectivity index (χ0v) is 23.0. The molecule has 220 valence electrons. The van der Waals surface area contributed by atoms with Gasteiger partial charge in [0.15, 0.2) is 17.7 Å². The number of hydrogen-bond donors (Lipinski definition) is 5. The van der Waals surface area contributed by atoms with E-state index in [1.54, 1.807) is 56.3 Å². The van der Waals surface area contributed by atoms with Crippen LogP contribution in [0.4, 0.5) is 4.79 Å². The molecule has 2 amide bonds. The summed E-state index contributed by atoms with van der Waals surface area (Å²) in [5.74, 6) is 0.0106. The minimum Gasteiger partial charge on any atom is -0.490 e. The van der Waals surface area contributed by atoms with Gasteiger partial charge in [-0.25, -0.2) is 14.4 Å². The molecule has 13 nitrogen and oxygen atoms in total. The van der Waals surface area contributed by atoms with Crippen molar-refractivity contribution in [3.8, 4) is 22.8 Å². The van der Waals surface area contributed by atoms with Crippen molar-refractivity contribution in [3.63, 3.8) is 0 Å². The molecule has 2 atom stereocenters. The van der Waals surface area contributed by atoms with Gasteiger partial charge in [0.2, 0.25) is 0 Å². The van der Waals surface area contributed by atoms with Crippen molar-refractivity contribution < 1.29 is 43.2 Å². The largest absolute Gasteiger partial charge is 0.490 e. The number of carbonyl (C=O) groups excluding carboxylic acids is 2. The lowest BCUT2D eigenvalue weighted by molar-refractivity contribution is -0.136. The van der Waals surface area contributed by atoms with Gasteiger partial charge in [-0.1, -0.05) is 18.2 Å². The number of esters is 1. The number of carbonyl (C=O) groups is 3. The summed E-state index contributed by atoms with van der Waals surface area (Å²) in [6.07, 6.45) is 0.189. The number of benzene rings is 2. The minimum atomic E-state index is -1.19. The molecular weight excluding hydrogens is 548 g/mol. The Labute approximate surface area is 240 Å². The fourth-order valence-electron chi connectivity index (χ4n) is 4.16. The van der Waals surface area contributed by atoms with E-state index in [2.05, 4.69) is 21.2 Å². The number of hydrogen-bond acceptors (Lipinski definition) is 10. The van der Waals surface area contributed by atoms with E-state index >= 15 is 0 Å². The number of urea groups is 1. The van der Waals surface area contributed by atoms with Crippen molar-refractivity contribution in [3.05, 3.63) is 82.8 Å². The third-order valence-corrected chi connectivity index (χ3v) is 6.13. The molecule has 0 unspecified atom stereocenters. The van der Waals surface area contributed by atoms with Crippen LogP contribution in [0.25, 0.3) is 11.3 Å². The molecule has 0 bridgehead atoms. The molecule has 0 spiro atoms. The van der Waals surface area contributed by atoms with Gasteiger partial charge in [0, 0.05) is 11.3 Å². The van der Waals surface area contributed by atoms with E-state index in [1.807, 2.05) is 0 Å². The van der Waals surface area contributed by atoms with Gasteiger partial charge in [-0.05, 0) is 55.8 Å². The summed E-state index contributed by atoms with van der Waals surface area (Å²) in [5.41, 5.74) is 4.62. The molecule has 1 aliphatic rings. The number of furan rings is 1. The van der Waals surface area contributed by atoms with Gasteiger partial charge < -0.3 is 39.5 Å². The standard InChI is InChI=1S/C29H30N4O9/c1-4-40-23-13-19(26-25(28(37)39-3)16(2)31-29(38)32-26)9-11-22(23)41-15-24(34)33-30-14-20-10-12-21(42-20)17-5-7-18(8-6-17)27(35)36/h5-14,24,26,33-34H,4,15H2,1-3H3,(H,35,36)(H2,31,32,38)/b30-14-/t24-,26+/m0/s1. The lowest BCUT2D eigenvalue weighted by atomic mass is 9.95. The highest BCUT2D eigenvalue weighted by atomic mass is 16.5. The van der Waals surface area contributed by atoms with E-state index < -0.39 is 30.2 Å². The predicted octanol–water partition coefficient (Wildman–Crippen LogP) is 3.17. The summed E-state index contributed by atoms with van der Waals surface area (Å²) < 4.78 is 22.0. The Kier molecular flexibility index (Phi) is 9.45. The molecule has 0 saturated carbocycles. The molecule has 42 heavy (non-hydrogen) atoms. The number of aliphatic hydroxyl groups excluding tert-OH is 1. The van der Waals surface area contributed by atoms with Crippen molar-refractivity contribution in [1.82, 2.24) is 16.1 Å². The van der Waals surface area contributed by atoms with Crippen LogP contribution in [0.5, 0.6) is 11.5 Å². The molecule has 2 heterocycles. The van der Waals surface area contributed by atoms with Gasteiger partial charge in [-0.3, -0.25) is 5.43 Å². The van der Waals surface area contributed by atoms with Gasteiger partial charge in [0.1, 0.15) is 18.1 Å². The normalized spacial score (nSPS) is 15.5. The molecule has 1 aliphatic heterocycles. The molecule has 5 N–H and O–H groups in total. The zero-order valence-electron chi connectivity index (χ0n) is 23.0. The van der Waals surface area contributed by atoms with Crippen molar-refractivity contribution in [2.45, 2.75) is 26.1 Å². The molecule has 0 fully saturated rings. The molecule has 2 aromatic carbocycles. The molecule has 0 saturated heterocycles. The first-order valence-electron chi connectivity index (χ1n) is 12.9. The van der Waals surface area contributed by atoms with Gasteiger partial charge in [0.25, 0.3) is 0 Å². The number of methoxy groups -OCH3 is 1. The summed E-state index contributed by atoms with van der Waals surface area (Å²) in [6.45, 7) is 3.54. The van der Waals surface area contributed by atoms with Gasteiger partial charge in [-0.2, -0.15) is 5.10 Å². The SMILES string of the molecule is CCOc1cc([C@H]2NC(=O)NC(C)=C2C(=O)OC)ccc1OC[C@H](O)N/N=C\c1ccc(-c2ccc(C(=O)O)cc2)o1. The van der Waals surface area contributed by atoms with Crippen molar-refractivity contribution >= 4 is 24.2 Å². The average Bonchev–Trinajstić information content (AvgIpc) is 3.45. The number of carboxylic acids is 1. The maximum Gasteiger partial charge on any atom is 0.337 e. The number of nitrogens with one attached hydrogen (secondary N) is 3. The first-order chi connectivity index (χ1) is 20.2. The van der Waals surface area contributed by atoms with E-state index in [-0.39, 0.29) is 17.7 Å². The van der Waals surface area contributed by atoms with Crippen molar-refractivity contribution in [1.29, 1.82) is 0 Å². The van der Waals surface area contributed by atoms with Crippen LogP contribution in [0.3, 0.4) is 0 Å². The van der Waals surface area contributed by atoms with Crippen LogP contribution in [0.1, 0.15) is 41.6 Å². The molecule has 0 aliphatic carbocycles. The van der Waals surface area contributed by atoms with Crippen LogP contribution < -0.4 is 25.5 Å². The van der Waals surface area contributed by atoms with Crippen LogP contribution in [0.15, 0.2) is 75.4 Å². The molecule has 0 radical (unpaired) electrons. The number of nitrogens with zero attached hydrogens (tertiary/aromatic N) is 1. The lowest BCUT2D eigenvalue weighted by Crippen LogP contribution is -2.45. The Bertz CT molecular complexity index is 1510. The number of aromatic carboxylic acids is 1. The number of aliphatic hydroxyl groups is 1. The molecule has 3 aromatic rings. The number of hydrazone groups is 1. The topological polar surface area (TPSA) is 181 Å². The molecule has 1 aromatic heterocycles. The second-order valence-electron chi connectivity index (χ2n) is 9.00. The number of amides is 2. The third-order valence-electron chi connectivity index (χ3n) is 6.13. The van der Waals surface area contributed by atoms with Crippen LogP contribution in [0, 0.1) is 0 Å². The van der Waals surface area contributed by atoms with Gasteiger partial charge in [-0.15, -0.1) is 0 Å². The van der Waals surface area contributed by atoms with E-state index in [4.69, 9.17) is 23.7 Å². The fourth-order valence-corrected chi connectivity index (χ4v) is 4.16. The monoisotopic (exact) mass is 578 g/mol. The van der Waals surface area contributed by atoms with Crippen LogP contribution in [-0.4, -0.2) is 60.9 Å². The van der Waals surface area contributed by atoms with E-state index in [1.165, 1.54) is 25.5 Å². The minimum absolute atomic E-state index is 0.173. The highest BCUT2D eigenvalue weighted by Crippen LogP contribution is 2.35. The second kappa shape index (κ2) is 13.4. The number of ether oxygens (including phenoxy) is 3. The summed E-state index contributed by atoms with van der Waals surface area (Å²) in [7, 11) is 1.26. The Hall–Kier alpha value is -5.30. The Morgan fingerprint density at radius 3 is 2.57 bits per heavy atom. The first-order valence-corrected chi connectivity index (χ1v) is 12.9. The summed E-state index contributed by atoms with van der Waals surface area (Å²) in [4.78, 5) is 35.5. The quantitative estimate of drug-likeness (QED) is 0.0927. The maximum absolute atomic E-state index is 12.4. The van der Waals surface area contributed by atoms with Crippen molar-refractivity contribution in [2.24, 2.45) is 5.10 Å². The van der Waals surface area contributed by atoms with Crippen molar-refractivity contribution in [2.75, 3.05) is 20.3 Å². The van der Waals surface area contributed by atoms with Crippen LogP contribution in [-0.2, 0) is 9.53 Å². The second-order valence-corrected chi connectivity index (χ2v) is 9.00. The Morgan fingerprint density at radius 1 is 1.12 bits per heavy atom. The highest BCUT2D eigenvalue weighted by Gasteiger charge is 2.32. The lowest BCUT2D eigenvalue weighted by Gasteiger charge is -2.28. The average molecular weight is 579 g/mol. The van der Waals surface area contributed by atoms with E-state index in [9.17, 15) is 19.5 Å². The Balaban J connectivity index is 1.38. The highest BCUT2D eigenvalue weighted by molar-refractivity contribution is 5.95. The smallest absolute Gasteiger partial charge is 0.337 e. The van der Waals surface area contributed by atoms with Crippen LogP contribution in [0.2, 0.25) is 0 Å².